The van der Waals surface area contributed by atoms with Crippen molar-refractivity contribution in [1.82, 2.24) is 19.7 Å². The molecule has 0 spiro atoms. The Bertz CT molecular complexity index is 1140. The number of hydrogen-bond acceptors (Lipinski definition) is 6. The highest BCUT2D eigenvalue weighted by Crippen LogP contribution is 2.24. The summed E-state index contributed by atoms with van der Waals surface area (Å²) in [7, 11) is 1.71. The van der Waals surface area contributed by atoms with Crippen molar-refractivity contribution in [3.8, 4) is 11.5 Å². The van der Waals surface area contributed by atoms with Gasteiger partial charge in [-0.15, -0.1) is 10.2 Å². The molecule has 4 rings (SSSR count). The van der Waals surface area contributed by atoms with E-state index in [1.807, 2.05) is 30.3 Å². The fourth-order valence-corrected chi connectivity index (χ4v) is 3.41. The van der Waals surface area contributed by atoms with Crippen LogP contribution in [0.25, 0.3) is 22.4 Å². The Morgan fingerprint density at radius 1 is 1.12 bits per heavy atom. The maximum absolute atomic E-state index is 12.4. The molecule has 0 N–H and O–H groups in total. The normalized spacial score (nSPS) is 11.2. The molecule has 0 radical (unpaired) electrons. The molecule has 0 aliphatic carbocycles. The highest BCUT2D eigenvalue weighted by Gasteiger charge is 2.12. The molecule has 2 aromatic heterocycles. The summed E-state index contributed by atoms with van der Waals surface area (Å²) in [5.74, 6) is 1.30. The number of benzene rings is 2. The lowest BCUT2D eigenvalue weighted by Gasteiger charge is -2.07. The zero-order valence-corrected chi connectivity index (χ0v) is 15.3. The third-order valence-electron chi connectivity index (χ3n) is 3.82. The largest absolute Gasteiger partial charge is 0.420 e. The zero-order valence-electron chi connectivity index (χ0n) is 13.7. The summed E-state index contributed by atoms with van der Waals surface area (Å²) in [6.07, 6.45) is 0. The first-order valence-corrected chi connectivity index (χ1v) is 9.15. The van der Waals surface area contributed by atoms with Crippen LogP contribution >= 0.6 is 23.4 Å². The summed E-state index contributed by atoms with van der Waals surface area (Å²) < 4.78 is 7.22. The first kappa shape index (κ1) is 16.8. The van der Waals surface area contributed by atoms with Gasteiger partial charge < -0.3 is 4.42 Å². The van der Waals surface area contributed by atoms with Crippen LogP contribution in [0, 0.1) is 0 Å². The third-order valence-corrected chi connectivity index (χ3v) is 5.09. The van der Waals surface area contributed by atoms with E-state index in [2.05, 4.69) is 15.2 Å². The van der Waals surface area contributed by atoms with E-state index in [0.29, 0.717) is 38.6 Å². The number of aromatic nitrogens is 4. The van der Waals surface area contributed by atoms with Crippen molar-refractivity contribution in [3.63, 3.8) is 0 Å². The maximum atomic E-state index is 12.4. The first-order chi connectivity index (χ1) is 12.6. The van der Waals surface area contributed by atoms with E-state index in [4.69, 9.17) is 16.0 Å². The molecule has 0 aliphatic heterocycles. The lowest BCUT2D eigenvalue weighted by atomic mass is 10.2. The van der Waals surface area contributed by atoms with Gasteiger partial charge in [-0.1, -0.05) is 35.5 Å². The Balaban J connectivity index is 1.56. The molecular weight excluding hydrogens is 372 g/mol. The molecule has 6 nitrogen and oxygen atoms in total. The minimum atomic E-state index is -0.0783. The summed E-state index contributed by atoms with van der Waals surface area (Å²) in [6.45, 7) is 0. The Morgan fingerprint density at radius 3 is 2.69 bits per heavy atom. The van der Waals surface area contributed by atoms with E-state index in [1.54, 1.807) is 25.2 Å². The van der Waals surface area contributed by atoms with E-state index in [0.717, 1.165) is 5.56 Å². The fraction of sp³-hybridized carbons (Fsp3) is 0.111. The molecule has 0 atom stereocenters. The van der Waals surface area contributed by atoms with Crippen molar-refractivity contribution in [2.75, 3.05) is 0 Å². The average molecular weight is 385 g/mol. The number of thioether (sulfide) groups is 1. The molecule has 0 unspecified atom stereocenters. The minimum Gasteiger partial charge on any atom is -0.420 e. The van der Waals surface area contributed by atoms with Crippen LogP contribution in [0.2, 0.25) is 5.02 Å². The Labute approximate surface area is 157 Å². The van der Waals surface area contributed by atoms with Gasteiger partial charge in [-0.3, -0.25) is 9.36 Å². The molecule has 4 aromatic rings. The Morgan fingerprint density at radius 2 is 1.88 bits per heavy atom. The summed E-state index contributed by atoms with van der Waals surface area (Å²) in [5, 5.41) is 9.96. The maximum Gasteiger partial charge on any atom is 0.261 e. The van der Waals surface area contributed by atoms with Gasteiger partial charge in [-0.2, -0.15) is 0 Å². The van der Waals surface area contributed by atoms with Crippen molar-refractivity contribution in [3.05, 3.63) is 69.8 Å². The van der Waals surface area contributed by atoms with Gasteiger partial charge in [0.15, 0.2) is 5.16 Å². The van der Waals surface area contributed by atoms with Crippen molar-refractivity contribution in [2.45, 2.75) is 10.9 Å². The van der Waals surface area contributed by atoms with Crippen molar-refractivity contribution in [2.24, 2.45) is 7.05 Å². The van der Waals surface area contributed by atoms with Gasteiger partial charge in [0, 0.05) is 17.6 Å². The number of hydrogen-bond donors (Lipinski definition) is 0. The van der Waals surface area contributed by atoms with Gasteiger partial charge in [0.25, 0.3) is 5.56 Å². The summed E-state index contributed by atoms with van der Waals surface area (Å²) in [5.41, 5.74) is 1.39. The number of para-hydroxylation sites is 1. The number of halogens is 1. The van der Waals surface area contributed by atoms with Crippen LogP contribution in [0.5, 0.6) is 0 Å². The van der Waals surface area contributed by atoms with Gasteiger partial charge in [0.1, 0.15) is 0 Å². The summed E-state index contributed by atoms with van der Waals surface area (Å²) >= 11 is 7.26. The van der Waals surface area contributed by atoms with Crippen LogP contribution in [0.4, 0.5) is 0 Å². The topological polar surface area (TPSA) is 73.8 Å². The predicted molar refractivity (Wildman–Crippen MR) is 101 cm³/mol. The highest BCUT2D eigenvalue weighted by atomic mass is 35.5. The molecule has 0 aliphatic rings. The third kappa shape index (κ3) is 3.23. The molecule has 2 aromatic carbocycles. The molecular formula is C18H13ClN4O2S. The van der Waals surface area contributed by atoms with Gasteiger partial charge in [0.05, 0.1) is 16.7 Å². The molecule has 0 bridgehead atoms. The molecule has 130 valence electrons. The summed E-state index contributed by atoms with van der Waals surface area (Å²) in [4.78, 5) is 17.0. The van der Waals surface area contributed by atoms with Crippen molar-refractivity contribution >= 4 is 34.3 Å². The molecule has 0 saturated heterocycles. The molecule has 2 heterocycles. The molecule has 8 heteroatoms. The van der Waals surface area contributed by atoms with E-state index in [9.17, 15) is 4.79 Å². The highest BCUT2D eigenvalue weighted by molar-refractivity contribution is 7.98. The molecule has 0 saturated carbocycles. The molecule has 0 fully saturated rings. The van der Waals surface area contributed by atoms with E-state index in [1.165, 1.54) is 16.3 Å². The quantitative estimate of drug-likeness (QED) is 0.392. The molecule has 26 heavy (non-hydrogen) atoms. The zero-order chi connectivity index (χ0) is 18.1. The number of rotatable bonds is 4. The Hall–Kier alpha value is -2.64. The van der Waals surface area contributed by atoms with Gasteiger partial charge in [0.2, 0.25) is 11.8 Å². The van der Waals surface area contributed by atoms with Crippen LogP contribution in [-0.4, -0.2) is 19.7 Å². The van der Waals surface area contributed by atoms with E-state index < -0.39 is 0 Å². The first-order valence-electron chi connectivity index (χ1n) is 7.79. The van der Waals surface area contributed by atoms with Gasteiger partial charge >= 0.3 is 0 Å². The van der Waals surface area contributed by atoms with Gasteiger partial charge in [-0.25, -0.2) is 4.98 Å². The fourth-order valence-electron chi connectivity index (χ4n) is 2.47. The van der Waals surface area contributed by atoms with Crippen LogP contribution in [0.15, 0.2) is 62.9 Å². The van der Waals surface area contributed by atoms with E-state index >= 15 is 0 Å². The van der Waals surface area contributed by atoms with Crippen LogP contribution in [0.1, 0.15) is 5.89 Å². The monoisotopic (exact) mass is 384 g/mol. The number of fused-ring (bicyclic) bond motifs is 1. The second-order valence-corrected chi connectivity index (χ2v) is 6.95. The van der Waals surface area contributed by atoms with Crippen LogP contribution in [-0.2, 0) is 12.8 Å². The van der Waals surface area contributed by atoms with Gasteiger partial charge in [-0.05, 0) is 36.4 Å². The second-order valence-electron chi connectivity index (χ2n) is 5.57. The smallest absolute Gasteiger partial charge is 0.261 e. The van der Waals surface area contributed by atoms with Crippen molar-refractivity contribution < 1.29 is 4.42 Å². The second kappa shape index (κ2) is 6.93. The Kier molecular flexibility index (Phi) is 4.48. The van der Waals surface area contributed by atoms with Crippen LogP contribution in [0.3, 0.4) is 0 Å². The van der Waals surface area contributed by atoms with Crippen LogP contribution < -0.4 is 5.56 Å². The minimum absolute atomic E-state index is 0.0783. The van der Waals surface area contributed by atoms with Crippen molar-refractivity contribution in [1.29, 1.82) is 0 Å². The SMILES string of the molecule is Cn1c(SCc2nnc(-c3ccc(Cl)cc3)o2)nc2ccccc2c1=O. The standard InChI is InChI=1S/C18H13ClN4O2S/c1-23-17(24)13-4-2-3-5-14(13)20-18(23)26-10-15-21-22-16(25-15)11-6-8-12(19)9-7-11/h2-9H,10H2,1H3. The lowest BCUT2D eigenvalue weighted by molar-refractivity contribution is 0.528. The summed E-state index contributed by atoms with van der Waals surface area (Å²) in [6, 6.07) is 14.5. The average Bonchev–Trinajstić information content (AvgIpc) is 3.13. The lowest BCUT2D eigenvalue weighted by Crippen LogP contribution is -2.19. The molecule has 0 amide bonds. The number of nitrogens with zero attached hydrogens (tertiary/aromatic N) is 4. The van der Waals surface area contributed by atoms with E-state index in [-0.39, 0.29) is 5.56 Å². The predicted octanol–water partition coefficient (Wildman–Crippen LogP) is 3.93.